The highest BCUT2D eigenvalue weighted by atomic mass is 19.1. The second-order valence-electron chi connectivity index (χ2n) is 3.63. The fourth-order valence-electron chi connectivity index (χ4n) is 1.61. The van der Waals surface area contributed by atoms with Crippen LogP contribution in [0.25, 0.3) is 0 Å². The average molecular weight is 222 g/mol. The number of benzene rings is 1. The van der Waals surface area contributed by atoms with Gasteiger partial charge in [-0.15, -0.1) is 0 Å². The highest BCUT2D eigenvalue weighted by Crippen LogP contribution is 2.14. The van der Waals surface area contributed by atoms with Crippen molar-refractivity contribution < 1.29 is 14.0 Å². The first-order valence-electron chi connectivity index (χ1n) is 5.01. The summed E-state index contributed by atoms with van der Waals surface area (Å²) in [7, 11) is 0. The van der Waals surface area contributed by atoms with Crippen LogP contribution in [0.2, 0.25) is 0 Å². The number of hydrogen-bond acceptors (Lipinski definition) is 2. The van der Waals surface area contributed by atoms with Crippen molar-refractivity contribution in [2.24, 2.45) is 5.92 Å². The Kier molecular flexibility index (Phi) is 2.85. The van der Waals surface area contributed by atoms with Crippen molar-refractivity contribution in [1.29, 1.82) is 0 Å². The summed E-state index contributed by atoms with van der Waals surface area (Å²) in [5.74, 6) is -1.59. The highest BCUT2D eigenvalue weighted by Gasteiger charge is 2.30. The van der Waals surface area contributed by atoms with Crippen LogP contribution in [-0.4, -0.2) is 18.4 Å². The van der Waals surface area contributed by atoms with E-state index in [1.54, 1.807) is 0 Å². The maximum atomic E-state index is 12.6. The molecular weight excluding hydrogens is 211 g/mol. The monoisotopic (exact) mass is 222 g/mol. The first-order valence-corrected chi connectivity index (χ1v) is 5.01. The molecule has 1 atom stereocenters. The smallest absolute Gasteiger partial charge is 0.237 e. The molecule has 84 valence electrons. The molecule has 0 radical (unpaired) electrons. The summed E-state index contributed by atoms with van der Waals surface area (Å²) in [6.07, 6.45) is 0.506. The molecule has 1 aromatic rings. The Hall–Kier alpha value is -1.91. The van der Waals surface area contributed by atoms with Crippen LogP contribution in [0, 0.1) is 11.7 Å². The molecule has 1 fully saturated rings. The van der Waals surface area contributed by atoms with Gasteiger partial charge in [0, 0.05) is 12.2 Å². The molecule has 2 rings (SSSR count). The van der Waals surface area contributed by atoms with Gasteiger partial charge in [-0.3, -0.25) is 9.59 Å². The van der Waals surface area contributed by atoms with E-state index in [4.69, 9.17) is 0 Å². The minimum Gasteiger partial charge on any atom is -0.355 e. The summed E-state index contributed by atoms with van der Waals surface area (Å²) in [5, 5.41) is 5.16. The van der Waals surface area contributed by atoms with Gasteiger partial charge in [-0.2, -0.15) is 0 Å². The number of halogens is 1. The van der Waals surface area contributed by atoms with E-state index in [0.717, 1.165) is 0 Å². The number of carbonyl (C=O) groups excluding carboxylic acids is 2. The SMILES string of the molecule is O=C1NCCC1C(=O)Nc1ccc(F)cc1. The molecule has 1 aliphatic heterocycles. The molecule has 2 N–H and O–H groups in total. The van der Waals surface area contributed by atoms with E-state index in [0.29, 0.717) is 18.7 Å². The zero-order chi connectivity index (χ0) is 11.5. The van der Waals surface area contributed by atoms with E-state index < -0.39 is 5.92 Å². The highest BCUT2D eigenvalue weighted by molar-refractivity contribution is 6.07. The molecule has 0 bridgehead atoms. The van der Waals surface area contributed by atoms with Gasteiger partial charge in [0.05, 0.1) is 0 Å². The summed E-state index contributed by atoms with van der Waals surface area (Å²) in [5.41, 5.74) is 0.492. The lowest BCUT2D eigenvalue weighted by atomic mass is 10.1. The molecule has 0 aromatic heterocycles. The second kappa shape index (κ2) is 4.30. The largest absolute Gasteiger partial charge is 0.355 e. The van der Waals surface area contributed by atoms with Crippen molar-refractivity contribution in [3.8, 4) is 0 Å². The van der Waals surface area contributed by atoms with E-state index in [-0.39, 0.29) is 17.6 Å². The van der Waals surface area contributed by atoms with Crippen LogP contribution in [-0.2, 0) is 9.59 Å². The van der Waals surface area contributed by atoms with Gasteiger partial charge in [-0.05, 0) is 30.7 Å². The summed E-state index contributed by atoms with van der Waals surface area (Å²) in [6, 6.07) is 5.43. The summed E-state index contributed by atoms with van der Waals surface area (Å²) in [4.78, 5) is 22.9. The Balaban J connectivity index is 2.02. The van der Waals surface area contributed by atoms with Gasteiger partial charge in [0.25, 0.3) is 0 Å². The van der Waals surface area contributed by atoms with E-state index in [9.17, 15) is 14.0 Å². The molecule has 1 heterocycles. The van der Waals surface area contributed by atoms with Gasteiger partial charge < -0.3 is 10.6 Å². The van der Waals surface area contributed by atoms with Crippen molar-refractivity contribution in [1.82, 2.24) is 5.32 Å². The molecule has 0 aliphatic carbocycles. The second-order valence-corrected chi connectivity index (χ2v) is 3.63. The predicted molar refractivity (Wildman–Crippen MR) is 56.1 cm³/mol. The maximum absolute atomic E-state index is 12.6. The molecule has 0 spiro atoms. The zero-order valence-electron chi connectivity index (χ0n) is 8.50. The molecule has 1 saturated heterocycles. The van der Waals surface area contributed by atoms with Crippen LogP contribution in [0.1, 0.15) is 6.42 Å². The lowest BCUT2D eigenvalue weighted by Gasteiger charge is -2.08. The molecule has 4 nitrogen and oxygen atoms in total. The maximum Gasteiger partial charge on any atom is 0.237 e. The standard InChI is InChI=1S/C11H11FN2O2/c12-7-1-3-8(4-2-7)14-11(16)9-5-6-13-10(9)15/h1-4,9H,5-6H2,(H,13,15)(H,14,16). The first kappa shape index (κ1) is 10.6. The number of nitrogens with one attached hydrogen (secondary N) is 2. The minimum atomic E-state index is -0.634. The number of carbonyl (C=O) groups is 2. The Morgan fingerprint density at radius 1 is 1.38 bits per heavy atom. The molecule has 1 aliphatic rings. The van der Waals surface area contributed by atoms with E-state index in [1.807, 2.05) is 0 Å². The molecule has 5 heteroatoms. The Bertz CT molecular complexity index is 416. The number of rotatable bonds is 2. The molecular formula is C11H11FN2O2. The van der Waals surface area contributed by atoms with Crippen molar-refractivity contribution in [2.45, 2.75) is 6.42 Å². The fraction of sp³-hybridized carbons (Fsp3) is 0.273. The van der Waals surface area contributed by atoms with Crippen molar-refractivity contribution >= 4 is 17.5 Å². The van der Waals surface area contributed by atoms with Crippen LogP contribution in [0.15, 0.2) is 24.3 Å². The summed E-state index contributed by atoms with van der Waals surface area (Å²) >= 11 is 0. The molecule has 1 unspecified atom stereocenters. The number of amides is 2. The quantitative estimate of drug-likeness (QED) is 0.730. The van der Waals surface area contributed by atoms with Crippen LogP contribution >= 0.6 is 0 Å². The third-order valence-electron chi connectivity index (χ3n) is 2.48. The fourth-order valence-corrected chi connectivity index (χ4v) is 1.61. The van der Waals surface area contributed by atoms with E-state index >= 15 is 0 Å². The van der Waals surface area contributed by atoms with Gasteiger partial charge in [-0.25, -0.2) is 4.39 Å². The molecule has 0 saturated carbocycles. The van der Waals surface area contributed by atoms with Gasteiger partial charge in [0.2, 0.25) is 11.8 Å². The average Bonchev–Trinajstić information content (AvgIpc) is 2.68. The van der Waals surface area contributed by atoms with Gasteiger partial charge in [0.1, 0.15) is 11.7 Å². The third-order valence-corrected chi connectivity index (χ3v) is 2.48. The Morgan fingerprint density at radius 2 is 2.06 bits per heavy atom. The Morgan fingerprint density at radius 3 is 2.62 bits per heavy atom. The Labute approximate surface area is 91.8 Å². The van der Waals surface area contributed by atoms with Crippen LogP contribution < -0.4 is 10.6 Å². The van der Waals surface area contributed by atoms with Crippen molar-refractivity contribution in [3.05, 3.63) is 30.1 Å². The van der Waals surface area contributed by atoms with E-state index in [2.05, 4.69) is 10.6 Å². The zero-order valence-corrected chi connectivity index (χ0v) is 8.50. The lowest BCUT2D eigenvalue weighted by molar-refractivity contribution is -0.130. The predicted octanol–water partition coefficient (Wildman–Crippen LogP) is 0.900. The van der Waals surface area contributed by atoms with Crippen LogP contribution in [0.3, 0.4) is 0 Å². The van der Waals surface area contributed by atoms with Gasteiger partial charge in [0.15, 0.2) is 0 Å². The van der Waals surface area contributed by atoms with Gasteiger partial charge >= 0.3 is 0 Å². The molecule has 16 heavy (non-hydrogen) atoms. The molecule has 1 aromatic carbocycles. The first-order chi connectivity index (χ1) is 7.66. The summed E-state index contributed by atoms with van der Waals surface area (Å²) < 4.78 is 12.6. The van der Waals surface area contributed by atoms with Crippen molar-refractivity contribution in [3.63, 3.8) is 0 Å². The molecule has 2 amide bonds. The summed E-state index contributed by atoms with van der Waals surface area (Å²) in [6.45, 7) is 0.528. The number of anilines is 1. The third kappa shape index (κ3) is 2.18. The topological polar surface area (TPSA) is 58.2 Å². The minimum absolute atomic E-state index is 0.250. The van der Waals surface area contributed by atoms with Crippen LogP contribution in [0.4, 0.5) is 10.1 Å². The lowest BCUT2D eigenvalue weighted by Crippen LogP contribution is -2.29. The normalized spacial score (nSPS) is 19.3. The van der Waals surface area contributed by atoms with Crippen LogP contribution in [0.5, 0.6) is 0 Å². The van der Waals surface area contributed by atoms with Gasteiger partial charge in [-0.1, -0.05) is 0 Å². The van der Waals surface area contributed by atoms with E-state index in [1.165, 1.54) is 24.3 Å². The number of hydrogen-bond donors (Lipinski definition) is 2. The van der Waals surface area contributed by atoms with Crippen molar-refractivity contribution in [2.75, 3.05) is 11.9 Å².